The molecule has 0 radical (unpaired) electrons. The fourth-order valence-corrected chi connectivity index (χ4v) is 2.68. The van der Waals surface area contributed by atoms with Crippen LogP contribution in [0.2, 0.25) is 0 Å². The van der Waals surface area contributed by atoms with Gasteiger partial charge >= 0.3 is 0 Å². The van der Waals surface area contributed by atoms with Gasteiger partial charge in [0.05, 0.1) is 12.6 Å². The molecule has 1 aliphatic heterocycles. The minimum atomic E-state index is -0.456. The molecule has 1 fully saturated rings. The van der Waals surface area contributed by atoms with E-state index in [0.29, 0.717) is 19.8 Å². The van der Waals surface area contributed by atoms with Gasteiger partial charge in [0.2, 0.25) is 5.91 Å². The highest BCUT2D eigenvalue weighted by Gasteiger charge is 2.26. The molecule has 5 heteroatoms. The monoisotopic (exact) mass is 320 g/mol. The molecule has 1 amide bonds. The molecule has 1 heterocycles. The van der Waals surface area contributed by atoms with Gasteiger partial charge < -0.3 is 20.5 Å². The van der Waals surface area contributed by atoms with Crippen LogP contribution in [0.4, 0.5) is 0 Å². The van der Waals surface area contributed by atoms with Crippen LogP contribution < -0.4 is 15.8 Å². The summed E-state index contributed by atoms with van der Waals surface area (Å²) in [4.78, 5) is 12.2. The fraction of sp³-hybridized carbons (Fsp3) is 0.611. The van der Waals surface area contributed by atoms with Crippen molar-refractivity contribution in [3.8, 4) is 5.75 Å². The summed E-state index contributed by atoms with van der Waals surface area (Å²) in [6, 6.07) is 7.38. The predicted molar refractivity (Wildman–Crippen MR) is 90.2 cm³/mol. The average molecular weight is 320 g/mol. The Bertz CT molecular complexity index is 487. The van der Waals surface area contributed by atoms with E-state index >= 15 is 0 Å². The Kier molecular flexibility index (Phi) is 7.36. The quantitative estimate of drug-likeness (QED) is 0.721. The zero-order chi connectivity index (χ0) is 16.5. The third-order valence-corrected chi connectivity index (χ3v) is 4.21. The molecule has 1 unspecified atom stereocenters. The first-order chi connectivity index (χ1) is 11.2. The van der Waals surface area contributed by atoms with Gasteiger partial charge in [0, 0.05) is 19.8 Å². The summed E-state index contributed by atoms with van der Waals surface area (Å²) >= 11 is 0. The van der Waals surface area contributed by atoms with Crippen molar-refractivity contribution in [1.82, 2.24) is 5.32 Å². The minimum absolute atomic E-state index is 0.0887. The van der Waals surface area contributed by atoms with Crippen LogP contribution >= 0.6 is 0 Å². The van der Waals surface area contributed by atoms with Gasteiger partial charge in [-0.2, -0.15) is 0 Å². The summed E-state index contributed by atoms with van der Waals surface area (Å²) in [7, 11) is 0. The van der Waals surface area contributed by atoms with Crippen molar-refractivity contribution in [2.24, 2.45) is 11.7 Å². The molecule has 1 aromatic rings. The molecular formula is C18H28N2O3. The summed E-state index contributed by atoms with van der Waals surface area (Å²) in [5, 5.41) is 2.93. The molecule has 128 valence electrons. The van der Waals surface area contributed by atoms with Gasteiger partial charge in [0.25, 0.3) is 0 Å². The van der Waals surface area contributed by atoms with Gasteiger partial charge in [-0.15, -0.1) is 0 Å². The molecule has 1 aliphatic rings. The van der Waals surface area contributed by atoms with Crippen molar-refractivity contribution in [2.45, 2.75) is 45.2 Å². The highest BCUT2D eigenvalue weighted by Crippen LogP contribution is 2.18. The van der Waals surface area contributed by atoms with E-state index in [1.54, 1.807) is 0 Å². The van der Waals surface area contributed by atoms with Gasteiger partial charge in [0.15, 0.2) is 0 Å². The van der Waals surface area contributed by atoms with Crippen LogP contribution in [-0.4, -0.2) is 31.8 Å². The van der Waals surface area contributed by atoms with E-state index in [-0.39, 0.29) is 11.8 Å². The van der Waals surface area contributed by atoms with E-state index < -0.39 is 6.04 Å². The largest absolute Gasteiger partial charge is 0.494 e. The number of carbonyl (C=O) groups excluding carboxylic acids is 1. The zero-order valence-electron chi connectivity index (χ0n) is 13.9. The molecule has 1 aromatic carbocycles. The smallest absolute Gasteiger partial charge is 0.237 e. The van der Waals surface area contributed by atoms with Crippen LogP contribution in [-0.2, 0) is 16.1 Å². The molecule has 0 saturated carbocycles. The van der Waals surface area contributed by atoms with Crippen molar-refractivity contribution in [2.75, 3.05) is 19.8 Å². The molecule has 0 spiro atoms. The van der Waals surface area contributed by atoms with E-state index in [4.69, 9.17) is 15.2 Å². The van der Waals surface area contributed by atoms with Crippen molar-refractivity contribution in [3.63, 3.8) is 0 Å². The first-order valence-electron chi connectivity index (χ1n) is 8.53. The van der Waals surface area contributed by atoms with E-state index in [0.717, 1.165) is 43.6 Å². The van der Waals surface area contributed by atoms with E-state index in [1.807, 2.05) is 24.3 Å². The standard InChI is InChI=1S/C18H28N2O3/c1-2-3-9-23-16-6-4-5-14(12-16)13-20-18(21)17(19)15-7-10-22-11-8-15/h4-6,12,15,17H,2-3,7-11,13,19H2,1H3,(H,20,21). The molecular weight excluding hydrogens is 292 g/mol. The predicted octanol–water partition coefficient (Wildman–Crippen LogP) is 2.24. The van der Waals surface area contributed by atoms with E-state index in [9.17, 15) is 4.79 Å². The zero-order valence-corrected chi connectivity index (χ0v) is 13.9. The Balaban J connectivity index is 1.80. The van der Waals surface area contributed by atoms with Crippen molar-refractivity contribution in [3.05, 3.63) is 29.8 Å². The molecule has 0 aliphatic carbocycles. The lowest BCUT2D eigenvalue weighted by Gasteiger charge is -2.26. The van der Waals surface area contributed by atoms with E-state index in [2.05, 4.69) is 12.2 Å². The van der Waals surface area contributed by atoms with Crippen molar-refractivity contribution >= 4 is 5.91 Å². The third-order valence-electron chi connectivity index (χ3n) is 4.21. The molecule has 0 bridgehead atoms. The van der Waals surface area contributed by atoms with Crippen LogP contribution in [0, 0.1) is 5.92 Å². The number of nitrogens with one attached hydrogen (secondary N) is 1. The van der Waals surface area contributed by atoms with Crippen LogP contribution in [0.1, 0.15) is 38.2 Å². The Morgan fingerprint density at radius 2 is 2.22 bits per heavy atom. The first-order valence-corrected chi connectivity index (χ1v) is 8.53. The highest BCUT2D eigenvalue weighted by molar-refractivity contribution is 5.81. The number of carbonyl (C=O) groups is 1. The molecule has 1 saturated heterocycles. The maximum absolute atomic E-state index is 12.2. The Morgan fingerprint density at radius 1 is 1.43 bits per heavy atom. The Labute approximate surface area is 138 Å². The maximum atomic E-state index is 12.2. The van der Waals surface area contributed by atoms with Gasteiger partial charge in [-0.1, -0.05) is 25.5 Å². The van der Waals surface area contributed by atoms with Crippen molar-refractivity contribution < 1.29 is 14.3 Å². The lowest BCUT2D eigenvalue weighted by atomic mass is 9.92. The Hall–Kier alpha value is -1.59. The van der Waals surface area contributed by atoms with Crippen molar-refractivity contribution in [1.29, 1.82) is 0 Å². The number of unbranched alkanes of at least 4 members (excludes halogenated alkanes) is 1. The summed E-state index contributed by atoms with van der Waals surface area (Å²) in [6.45, 7) is 4.73. The Morgan fingerprint density at radius 3 is 2.96 bits per heavy atom. The topological polar surface area (TPSA) is 73.6 Å². The molecule has 23 heavy (non-hydrogen) atoms. The second-order valence-electron chi connectivity index (χ2n) is 6.04. The first kappa shape index (κ1) is 17.8. The van der Waals surface area contributed by atoms with Crippen LogP contribution in [0.3, 0.4) is 0 Å². The normalized spacial score (nSPS) is 16.8. The lowest BCUT2D eigenvalue weighted by molar-refractivity contribution is -0.124. The summed E-state index contributed by atoms with van der Waals surface area (Å²) in [5.74, 6) is 0.973. The minimum Gasteiger partial charge on any atom is -0.494 e. The second-order valence-corrected chi connectivity index (χ2v) is 6.04. The summed E-state index contributed by atoms with van der Waals surface area (Å²) in [5.41, 5.74) is 7.09. The van der Waals surface area contributed by atoms with Gasteiger partial charge in [0.1, 0.15) is 5.75 Å². The summed E-state index contributed by atoms with van der Waals surface area (Å²) in [6.07, 6.45) is 3.87. The highest BCUT2D eigenvalue weighted by atomic mass is 16.5. The number of rotatable bonds is 8. The van der Waals surface area contributed by atoms with Gasteiger partial charge in [-0.25, -0.2) is 0 Å². The van der Waals surface area contributed by atoms with Crippen LogP contribution in [0.5, 0.6) is 5.75 Å². The SMILES string of the molecule is CCCCOc1cccc(CNC(=O)C(N)C2CCOCC2)c1. The average Bonchev–Trinajstić information content (AvgIpc) is 2.60. The molecule has 0 aromatic heterocycles. The summed E-state index contributed by atoms with van der Waals surface area (Å²) < 4.78 is 11.0. The fourth-order valence-electron chi connectivity index (χ4n) is 2.68. The number of nitrogens with two attached hydrogens (primary N) is 1. The number of amides is 1. The maximum Gasteiger partial charge on any atom is 0.237 e. The number of ether oxygens (including phenoxy) is 2. The lowest BCUT2D eigenvalue weighted by Crippen LogP contribution is -2.46. The molecule has 2 rings (SSSR count). The number of benzene rings is 1. The van der Waals surface area contributed by atoms with Gasteiger partial charge in [-0.05, 0) is 42.9 Å². The number of hydrogen-bond donors (Lipinski definition) is 2. The van der Waals surface area contributed by atoms with Crippen LogP contribution in [0.25, 0.3) is 0 Å². The third kappa shape index (κ3) is 5.84. The molecule has 5 nitrogen and oxygen atoms in total. The number of hydrogen-bond acceptors (Lipinski definition) is 4. The van der Waals surface area contributed by atoms with E-state index in [1.165, 1.54) is 0 Å². The van der Waals surface area contributed by atoms with Gasteiger partial charge in [-0.3, -0.25) is 4.79 Å². The second kappa shape index (κ2) is 9.53. The van der Waals surface area contributed by atoms with Crippen LogP contribution in [0.15, 0.2) is 24.3 Å². The molecule has 3 N–H and O–H groups in total. The molecule has 1 atom stereocenters.